The monoisotopic (exact) mass is 341 g/mol. The van der Waals surface area contributed by atoms with Crippen LogP contribution >= 0.6 is 0 Å². The van der Waals surface area contributed by atoms with Gasteiger partial charge in [0.2, 0.25) is 5.75 Å². The molecular formula is C15H19NO6S. The van der Waals surface area contributed by atoms with Crippen molar-refractivity contribution < 1.29 is 27.4 Å². The molecule has 3 rings (SSSR count). The number of rotatable bonds is 4. The lowest BCUT2D eigenvalue weighted by Crippen LogP contribution is -2.44. The van der Waals surface area contributed by atoms with E-state index in [2.05, 4.69) is 0 Å². The highest BCUT2D eigenvalue weighted by Gasteiger charge is 2.50. The second-order valence-electron chi connectivity index (χ2n) is 5.71. The van der Waals surface area contributed by atoms with Crippen LogP contribution in [0.25, 0.3) is 0 Å². The Morgan fingerprint density at radius 2 is 1.74 bits per heavy atom. The van der Waals surface area contributed by atoms with Crippen LogP contribution in [0.2, 0.25) is 0 Å². The maximum Gasteiger partial charge on any atom is 0.254 e. The first-order chi connectivity index (χ1) is 10.9. The normalized spacial score (nSPS) is 24.6. The summed E-state index contributed by atoms with van der Waals surface area (Å²) in [6.07, 6.45) is 0.526. The van der Waals surface area contributed by atoms with E-state index in [1.807, 2.05) is 0 Å². The van der Waals surface area contributed by atoms with Gasteiger partial charge in [0.1, 0.15) is 0 Å². The maximum atomic E-state index is 12.8. The Morgan fingerprint density at radius 3 is 2.13 bits per heavy atom. The zero-order chi connectivity index (χ0) is 16.8. The molecule has 2 heterocycles. The number of nitrogens with zero attached hydrogens (tertiary/aromatic N) is 1. The van der Waals surface area contributed by atoms with Crippen molar-refractivity contribution >= 4 is 15.7 Å². The van der Waals surface area contributed by atoms with E-state index in [1.165, 1.54) is 21.3 Å². The van der Waals surface area contributed by atoms with Crippen LogP contribution in [0.4, 0.5) is 0 Å². The summed E-state index contributed by atoms with van der Waals surface area (Å²) in [7, 11) is 1.42. The molecule has 2 aliphatic rings. The molecule has 2 bridgehead atoms. The fraction of sp³-hybridized carbons (Fsp3) is 0.533. The number of hydrogen-bond acceptors (Lipinski definition) is 6. The van der Waals surface area contributed by atoms with E-state index >= 15 is 0 Å². The molecule has 2 saturated heterocycles. The van der Waals surface area contributed by atoms with Gasteiger partial charge in [0.15, 0.2) is 21.3 Å². The number of fused-ring (bicyclic) bond motifs is 2. The number of sulfone groups is 1. The van der Waals surface area contributed by atoms with Crippen molar-refractivity contribution in [2.24, 2.45) is 0 Å². The van der Waals surface area contributed by atoms with Gasteiger partial charge in [-0.15, -0.1) is 0 Å². The van der Waals surface area contributed by atoms with Gasteiger partial charge in [-0.25, -0.2) is 8.42 Å². The Labute approximate surface area is 135 Å². The molecule has 2 aliphatic heterocycles. The van der Waals surface area contributed by atoms with E-state index in [4.69, 9.17) is 14.2 Å². The largest absolute Gasteiger partial charge is 0.493 e. The number of ether oxygens (including phenoxy) is 3. The second kappa shape index (κ2) is 5.59. The fourth-order valence-corrected chi connectivity index (χ4v) is 5.34. The maximum absolute atomic E-state index is 12.8. The molecule has 0 aliphatic carbocycles. The Kier molecular flexibility index (Phi) is 3.87. The van der Waals surface area contributed by atoms with Gasteiger partial charge in [-0.2, -0.15) is 0 Å². The van der Waals surface area contributed by atoms with E-state index in [9.17, 15) is 13.2 Å². The molecule has 0 spiro atoms. The predicted octanol–water partition coefficient (Wildman–Crippen LogP) is 0.724. The van der Waals surface area contributed by atoms with Crippen LogP contribution in [0.15, 0.2) is 12.1 Å². The Bertz CT molecular complexity index is 719. The lowest BCUT2D eigenvalue weighted by atomic mass is 10.1. The number of benzene rings is 1. The van der Waals surface area contributed by atoms with Gasteiger partial charge in [-0.1, -0.05) is 0 Å². The number of carbonyl (C=O) groups is 1. The highest BCUT2D eigenvalue weighted by Crippen LogP contribution is 2.40. The Morgan fingerprint density at radius 1 is 1.13 bits per heavy atom. The molecule has 2 fully saturated rings. The van der Waals surface area contributed by atoms with E-state index in [-0.39, 0.29) is 24.2 Å². The number of methoxy groups -OCH3 is 3. The lowest BCUT2D eigenvalue weighted by Gasteiger charge is -2.27. The van der Waals surface area contributed by atoms with E-state index < -0.39 is 15.1 Å². The molecule has 1 aromatic rings. The number of likely N-dealkylation sites (tertiary alicyclic amines) is 1. The summed E-state index contributed by atoms with van der Waals surface area (Å²) in [6.45, 7) is 0.252. The Hall–Kier alpha value is -1.96. The topological polar surface area (TPSA) is 82.1 Å². The van der Waals surface area contributed by atoms with E-state index in [1.54, 1.807) is 17.0 Å². The molecule has 8 heteroatoms. The van der Waals surface area contributed by atoms with Gasteiger partial charge < -0.3 is 19.1 Å². The van der Waals surface area contributed by atoms with Crippen molar-refractivity contribution in [3.8, 4) is 17.2 Å². The van der Waals surface area contributed by atoms with Gasteiger partial charge in [0, 0.05) is 18.2 Å². The van der Waals surface area contributed by atoms with Crippen molar-refractivity contribution in [2.45, 2.75) is 17.7 Å². The molecule has 1 aromatic carbocycles. The first-order valence-corrected chi connectivity index (χ1v) is 8.95. The third-order valence-corrected chi connectivity index (χ3v) is 6.69. The minimum atomic E-state index is -3.04. The Balaban J connectivity index is 1.92. The number of carbonyl (C=O) groups excluding carboxylic acids is 1. The summed E-state index contributed by atoms with van der Waals surface area (Å²) in [5.41, 5.74) is 0.393. The van der Waals surface area contributed by atoms with Crippen molar-refractivity contribution in [1.29, 1.82) is 0 Å². The second-order valence-corrected chi connectivity index (χ2v) is 8.04. The van der Waals surface area contributed by atoms with Crippen molar-refractivity contribution in [1.82, 2.24) is 4.90 Å². The molecule has 126 valence electrons. The molecular weight excluding hydrogens is 322 g/mol. The minimum Gasteiger partial charge on any atom is -0.493 e. The fourth-order valence-electron chi connectivity index (χ4n) is 3.32. The van der Waals surface area contributed by atoms with E-state index in [0.717, 1.165) is 0 Å². The summed E-state index contributed by atoms with van der Waals surface area (Å²) < 4.78 is 39.4. The third-order valence-electron chi connectivity index (χ3n) is 4.48. The van der Waals surface area contributed by atoms with Crippen LogP contribution in [-0.4, -0.2) is 64.1 Å². The lowest BCUT2D eigenvalue weighted by molar-refractivity contribution is 0.0745. The highest BCUT2D eigenvalue weighted by molar-refractivity contribution is 7.92. The summed E-state index contributed by atoms with van der Waals surface area (Å²) in [5, 5.41) is -0.432. The van der Waals surface area contributed by atoms with Crippen LogP contribution in [0.1, 0.15) is 16.8 Å². The zero-order valence-electron chi connectivity index (χ0n) is 13.2. The van der Waals surface area contributed by atoms with Crippen molar-refractivity contribution in [2.75, 3.05) is 33.6 Å². The molecule has 0 N–H and O–H groups in total. The third kappa shape index (κ3) is 2.50. The minimum absolute atomic E-state index is 0.0494. The average molecular weight is 341 g/mol. The van der Waals surface area contributed by atoms with Crippen molar-refractivity contribution in [3.63, 3.8) is 0 Å². The standard InChI is InChI=1S/C15H19NO6S/c1-20-12-4-9(5-13(21-2)14(12)22-3)15(17)16-7-11-6-10(16)8-23(11,18)19/h4-5,10-11H,6-8H2,1-3H3. The van der Waals surface area contributed by atoms with Crippen LogP contribution in [0, 0.1) is 0 Å². The molecule has 0 aromatic heterocycles. The smallest absolute Gasteiger partial charge is 0.254 e. The van der Waals surface area contributed by atoms with Gasteiger partial charge in [0.05, 0.1) is 32.3 Å². The SMILES string of the molecule is COc1cc(C(=O)N2CC3CC2CS3(=O)=O)cc(OC)c1OC. The average Bonchev–Trinajstić information content (AvgIpc) is 3.08. The van der Waals surface area contributed by atoms with Gasteiger partial charge in [-0.3, -0.25) is 4.79 Å². The van der Waals surface area contributed by atoms with Crippen LogP contribution in [-0.2, 0) is 9.84 Å². The summed E-state index contributed by atoms with van der Waals surface area (Å²) in [5.74, 6) is 1.04. The molecule has 0 saturated carbocycles. The molecule has 2 atom stereocenters. The highest BCUT2D eigenvalue weighted by atomic mass is 32.2. The molecule has 7 nitrogen and oxygen atoms in total. The van der Waals surface area contributed by atoms with Gasteiger partial charge >= 0.3 is 0 Å². The van der Waals surface area contributed by atoms with Crippen molar-refractivity contribution in [3.05, 3.63) is 17.7 Å². The predicted molar refractivity (Wildman–Crippen MR) is 83.1 cm³/mol. The summed E-state index contributed by atoms with van der Waals surface area (Å²) >= 11 is 0. The first kappa shape index (κ1) is 15.9. The van der Waals surface area contributed by atoms with Crippen LogP contribution in [0.3, 0.4) is 0 Å². The summed E-state index contributed by atoms with van der Waals surface area (Å²) in [4.78, 5) is 14.4. The quantitative estimate of drug-likeness (QED) is 0.803. The van der Waals surface area contributed by atoms with Gasteiger partial charge in [-0.05, 0) is 18.6 Å². The molecule has 1 amide bonds. The van der Waals surface area contributed by atoms with Gasteiger partial charge in [0.25, 0.3) is 5.91 Å². The molecule has 2 unspecified atom stereocenters. The van der Waals surface area contributed by atoms with E-state index in [0.29, 0.717) is 29.2 Å². The number of amides is 1. The van der Waals surface area contributed by atoms with Crippen LogP contribution in [0.5, 0.6) is 17.2 Å². The zero-order valence-corrected chi connectivity index (χ0v) is 14.1. The first-order valence-electron chi connectivity index (χ1n) is 7.23. The molecule has 0 radical (unpaired) electrons. The molecule has 23 heavy (non-hydrogen) atoms. The number of hydrogen-bond donors (Lipinski definition) is 0. The van der Waals surface area contributed by atoms with Crippen LogP contribution < -0.4 is 14.2 Å². The summed E-state index contributed by atoms with van der Waals surface area (Å²) in [6, 6.07) is 2.94.